The highest BCUT2D eigenvalue weighted by Crippen LogP contribution is 2.26. The first kappa shape index (κ1) is 22.0. The molecule has 2 aliphatic heterocycles. The van der Waals surface area contributed by atoms with Crippen LogP contribution in [0.3, 0.4) is 0 Å². The summed E-state index contributed by atoms with van der Waals surface area (Å²) < 4.78 is 37.6. The average molecular weight is 468 g/mol. The zero-order chi connectivity index (χ0) is 21.8. The maximum atomic E-state index is 12.8. The fourth-order valence-electron chi connectivity index (χ4n) is 3.79. The zero-order valence-electron chi connectivity index (χ0n) is 17.0. The van der Waals surface area contributed by atoms with Gasteiger partial charge in [-0.1, -0.05) is 0 Å². The van der Waals surface area contributed by atoms with Crippen LogP contribution in [0.1, 0.15) is 34.7 Å². The third-order valence-electron chi connectivity index (χ3n) is 5.44. The van der Waals surface area contributed by atoms with E-state index in [4.69, 9.17) is 9.15 Å². The lowest BCUT2D eigenvalue weighted by Crippen LogP contribution is -2.51. The van der Waals surface area contributed by atoms with Crippen molar-refractivity contribution in [3.63, 3.8) is 0 Å². The lowest BCUT2D eigenvalue weighted by Gasteiger charge is -2.34. The van der Waals surface area contributed by atoms with Crippen molar-refractivity contribution in [1.82, 2.24) is 14.5 Å². The number of amides is 2. The van der Waals surface area contributed by atoms with Crippen LogP contribution < -0.4 is 5.32 Å². The first-order valence-electron chi connectivity index (χ1n) is 10.3. The Morgan fingerprint density at radius 3 is 2.68 bits per heavy atom. The molecule has 0 spiro atoms. The summed E-state index contributed by atoms with van der Waals surface area (Å²) in [4.78, 5) is 27.8. The van der Waals surface area contributed by atoms with Gasteiger partial charge in [0.25, 0.3) is 15.9 Å². The van der Waals surface area contributed by atoms with Gasteiger partial charge in [0.2, 0.25) is 5.91 Å². The number of nitrogens with one attached hydrogen (secondary N) is 1. The Kier molecular flexibility index (Phi) is 6.75. The highest BCUT2D eigenvalue weighted by molar-refractivity contribution is 7.91. The topological polar surface area (TPSA) is 109 Å². The number of morpholine rings is 1. The minimum Gasteiger partial charge on any atom is -0.459 e. The fraction of sp³-hybridized carbons (Fsp3) is 0.500. The van der Waals surface area contributed by atoms with Gasteiger partial charge in [-0.2, -0.15) is 4.31 Å². The van der Waals surface area contributed by atoms with Crippen LogP contribution in [0, 0.1) is 0 Å². The molecule has 2 aliphatic rings. The first-order chi connectivity index (χ1) is 15.0. The summed E-state index contributed by atoms with van der Waals surface area (Å²) in [5, 5.41) is 2.86. The van der Waals surface area contributed by atoms with Crippen molar-refractivity contribution in [2.45, 2.75) is 36.1 Å². The quantitative estimate of drug-likeness (QED) is 0.692. The smallest absolute Gasteiger partial charge is 0.290 e. The number of hydrogen-bond donors (Lipinski definition) is 1. The molecule has 2 aromatic heterocycles. The van der Waals surface area contributed by atoms with E-state index < -0.39 is 16.1 Å². The van der Waals surface area contributed by atoms with Gasteiger partial charge < -0.3 is 19.4 Å². The summed E-state index contributed by atoms with van der Waals surface area (Å²) >= 11 is 1.15. The zero-order valence-corrected chi connectivity index (χ0v) is 18.6. The molecule has 0 bridgehead atoms. The molecule has 9 nitrogen and oxygen atoms in total. The van der Waals surface area contributed by atoms with E-state index in [0.29, 0.717) is 39.3 Å². The number of sulfonamides is 1. The van der Waals surface area contributed by atoms with E-state index in [2.05, 4.69) is 5.32 Å². The van der Waals surface area contributed by atoms with Gasteiger partial charge in [-0.15, -0.1) is 11.3 Å². The molecule has 2 aromatic rings. The second-order valence-electron chi connectivity index (χ2n) is 7.44. The predicted molar refractivity (Wildman–Crippen MR) is 113 cm³/mol. The Labute approximate surface area is 185 Å². The number of likely N-dealkylation sites (tertiary alicyclic amines) is 1. The van der Waals surface area contributed by atoms with Gasteiger partial charge >= 0.3 is 0 Å². The van der Waals surface area contributed by atoms with Crippen molar-refractivity contribution in [3.05, 3.63) is 41.2 Å². The van der Waals surface area contributed by atoms with E-state index in [1.165, 1.54) is 10.6 Å². The first-order valence-corrected chi connectivity index (χ1v) is 12.5. The standard InChI is InChI=1S/C20H25N3O6S2/c24-19(16-4-1-2-8-23(16)20(25)17-5-3-11-29-17)21-14-15-6-7-18(30-15)31(26,27)22-9-12-28-13-10-22/h3,5-7,11,16H,1-2,4,8-10,12-14H2,(H,21,24). The number of piperidine rings is 1. The van der Waals surface area contributed by atoms with Gasteiger partial charge in [0.15, 0.2) is 5.76 Å². The number of nitrogens with zero attached hydrogens (tertiary/aromatic N) is 2. The van der Waals surface area contributed by atoms with Crippen LogP contribution >= 0.6 is 11.3 Å². The molecule has 4 heterocycles. The Balaban J connectivity index is 1.38. The van der Waals surface area contributed by atoms with E-state index >= 15 is 0 Å². The monoisotopic (exact) mass is 467 g/mol. The summed E-state index contributed by atoms with van der Waals surface area (Å²) in [5.41, 5.74) is 0. The van der Waals surface area contributed by atoms with Crippen molar-refractivity contribution in [2.24, 2.45) is 0 Å². The van der Waals surface area contributed by atoms with E-state index in [-0.39, 0.29) is 28.3 Å². The number of carbonyl (C=O) groups is 2. The summed E-state index contributed by atoms with van der Waals surface area (Å²) in [5.74, 6) is -0.318. The van der Waals surface area contributed by atoms with E-state index in [1.807, 2.05) is 0 Å². The van der Waals surface area contributed by atoms with Crippen LogP contribution in [0.5, 0.6) is 0 Å². The lowest BCUT2D eigenvalue weighted by atomic mass is 10.0. The molecule has 0 aliphatic carbocycles. The summed E-state index contributed by atoms with van der Waals surface area (Å²) in [6, 6.07) is 5.96. The second-order valence-corrected chi connectivity index (χ2v) is 10.8. The van der Waals surface area contributed by atoms with Crippen LogP contribution in [0.25, 0.3) is 0 Å². The highest BCUT2D eigenvalue weighted by atomic mass is 32.2. The minimum atomic E-state index is -3.55. The number of furan rings is 1. The number of thiophene rings is 1. The molecule has 2 amide bonds. The maximum absolute atomic E-state index is 12.8. The van der Waals surface area contributed by atoms with Gasteiger partial charge in [0, 0.05) is 24.5 Å². The number of carbonyl (C=O) groups excluding carboxylic acids is 2. The summed E-state index contributed by atoms with van der Waals surface area (Å²) in [6.07, 6.45) is 3.72. The van der Waals surface area contributed by atoms with Crippen LogP contribution in [0.4, 0.5) is 0 Å². The van der Waals surface area contributed by atoms with Gasteiger partial charge in [-0.05, 0) is 43.5 Å². The normalized spacial score (nSPS) is 20.5. The van der Waals surface area contributed by atoms with Gasteiger partial charge in [0.05, 0.1) is 26.0 Å². The molecular weight excluding hydrogens is 442 g/mol. The Morgan fingerprint density at radius 2 is 1.94 bits per heavy atom. The molecule has 1 atom stereocenters. The van der Waals surface area contributed by atoms with Gasteiger partial charge in [-0.25, -0.2) is 8.42 Å². The molecule has 31 heavy (non-hydrogen) atoms. The van der Waals surface area contributed by atoms with Crippen LogP contribution in [0.15, 0.2) is 39.2 Å². The minimum absolute atomic E-state index is 0.210. The van der Waals surface area contributed by atoms with Crippen molar-refractivity contribution in [1.29, 1.82) is 0 Å². The molecule has 1 N–H and O–H groups in total. The van der Waals surface area contributed by atoms with Crippen molar-refractivity contribution >= 4 is 33.2 Å². The average Bonchev–Trinajstić information content (AvgIpc) is 3.50. The van der Waals surface area contributed by atoms with Crippen LogP contribution in [-0.4, -0.2) is 68.3 Å². The molecular formula is C20H25N3O6S2. The van der Waals surface area contributed by atoms with Crippen molar-refractivity contribution in [3.8, 4) is 0 Å². The van der Waals surface area contributed by atoms with Gasteiger partial charge in [0.1, 0.15) is 10.3 Å². The number of rotatable bonds is 6. The largest absolute Gasteiger partial charge is 0.459 e. The van der Waals surface area contributed by atoms with E-state index in [1.54, 1.807) is 29.2 Å². The fourth-order valence-corrected chi connectivity index (χ4v) is 6.64. The summed E-state index contributed by atoms with van der Waals surface area (Å²) in [7, 11) is -3.55. The Bertz CT molecular complexity index is 1010. The van der Waals surface area contributed by atoms with Crippen LogP contribution in [0.2, 0.25) is 0 Å². The molecule has 2 fully saturated rings. The third-order valence-corrected chi connectivity index (χ3v) is 8.89. The molecule has 0 aromatic carbocycles. The van der Waals surface area contributed by atoms with Crippen molar-refractivity contribution < 1.29 is 27.2 Å². The van der Waals surface area contributed by atoms with E-state index in [9.17, 15) is 18.0 Å². The third kappa shape index (κ3) is 4.84. The SMILES string of the molecule is O=C(NCc1ccc(S(=O)(=O)N2CCOCC2)s1)C1CCCCN1C(=O)c1ccco1. The molecule has 0 saturated carbocycles. The number of ether oxygens (including phenoxy) is 1. The maximum Gasteiger partial charge on any atom is 0.290 e. The molecule has 0 radical (unpaired) electrons. The highest BCUT2D eigenvalue weighted by Gasteiger charge is 2.34. The molecule has 2 saturated heterocycles. The second kappa shape index (κ2) is 9.51. The number of hydrogen-bond acceptors (Lipinski definition) is 7. The summed E-state index contributed by atoms with van der Waals surface area (Å²) in [6.45, 7) is 2.17. The molecule has 4 rings (SSSR count). The Morgan fingerprint density at radius 1 is 1.13 bits per heavy atom. The predicted octanol–water partition coefficient (Wildman–Crippen LogP) is 1.67. The molecule has 168 valence electrons. The Hall–Kier alpha value is -2.21. The molecule has 11 heteroatoms. The van der Waals surface area contributed by atoms with E-state index in [0.717, 1.165) is 29.1 Å². The lowest BCUT2D eigenvalue weighted by molar-refractivity contribution is -0.126. The van der Waals surface area contributed by atoms with Crippen LogP contribution in [-0.2, 0) is 26.1 Å². The van der Waals surface area contributed by atoms with Crippen molar-refractivity contribution in [2.75, 3.05) is 32.8 Å². The van der Waals surface area contributed by atoms with Gasteiger partial charge in [-0.3, -0.25) is 9.59 Å². The molecule has 1 unspecified atom stereocenters.